The van der Waals surface area contributed by atoms with Crippen molar-refractivity contribution in [3.05, 3.63) is 23.9 Å². The number of hydrogen-bond donors (Lipinski definition) is 2. The Morgan fingerprint density at radius 3 is 2.85 bits per heavy atom. The molecular weight excluding hydrogens is 252 g/mol. The van der Waals surface area contributed by atoms with Crippen LogP contribution in [0.15, 0.2) is 18.3 Å². The molecule has 5 nitrogen and oxygen atoms in total. The molecule has 1 aromatic heterocycles. The second-order valence-electron chi connectivity index (χ2n) is 5.38. The predicted octanol–water partition coefficient (Wildman–Crippen LogP) is 1.15. The molecule has 0 bridgehead atoms. The summed E-state index contributed by atoms with van der Waals surface area (Å²) in [6, 6.07) is 4.11. The third kappa shape index (κ3) is 3.93. The Labute approximate surface area is 120 Å². The van der Waals surface area contributed by atoms with Gasteiger partial charge in [-0.2, -0.15) is 0 Å². The van der Waals surface area contributed by atoms with E-state index in [1.54, 1.807) is 6.92 Å². The maximum Gasteiger partial charge on any atom is 0.216 e. The van der Waals surface area contributed by atoms with Gasteiger partial charge in [0.25, 0.3) is 0 Å². The van der Waals surface area contributed by atoms with Crippen LogP contribution in [0.4, 0.5) is 5.82 Å². The van der Waals surface area contributed by atoms with Gasteiger partial charge in [-0.15, -0.1) is 0 Å². The van der Waals surface area contributed by atoms with Gasteiger partial charge in [0.05, 0.1) is 0 Å². The van der Waals surface area contributed by atoms with Crippen molar-refractivity contribution in [3.63, 3.8) is 0 Å². The number of rotatable bonds is 5. The van der Waals surface area contributed by atoms with Gasteiger partial charge in [0.2, 0.25) is 5.91 Å². The maximum absolute atomic E-state index is 11.0. The molecule has 0 unspecified atom stereocenters. The van der Waals surface area contributed by atoms with Crippen LogP contribution >= 0.6 is 0 Å². The molecule has 1 amide bonds. The molecule has 20 heavy (non-hydrogen) atoms. The van der Waals surface area contributed by atoms with E-state index in [-0.39, 0.29) is 5.91 Å². The molecule has 1 fully saturated rings. The molecule has 0 saturated carbocycles. The quantitative estimate of drug-likeness (QED) is 0.847. The molecule has 5 heteroatoms. The number of anilines is 1. The van der Waals surface area contributed by atoms with Crippen LogP contribution < -0.4 is 15.5 Å². The second-order valence-corrected chi connectivity index (χ2v) is 5.38. The van der Waals surface area contributed by atoms with Crippen LogP contribution in [0.2, 0.25) is 0 Å². The fraction of sp³-hybridized carbons (Fsp3) is 0.600. The van der Waals surface area contributed by atoms with Gasteiger partial charge in [0.15, 0.2) is 0 Å². The van der Waals surface area contributed by atoms with Crippen LogP contribution in [0.5, 0.6) is 0 Å². The zero-order valence-corrected chi connectivity index (χ0v) is 12.4. The van der Waals surface area contributed by atoms with Crippen LogP contribution in [-0.2, 0) is 11.3 Å². The van der Waals surface area contributed by atoms with Gasteiger partial charge >= 0.3 is 0 Å². The third-order valence-corrected chi connectivity index (χ3v) is 3.79. The van der Waals surface area contributed by atoms with E-state index in [9.17, 15) is 4.79 Å². The number of carbonyl (C=O) groups is 1. The lowest BCUT2D eigenvalue weighted by molar-refractivity contribution is -0.119. The normalized spacial score (nSPS) is 16.2. The molecule has 1 aromatic rings. The summed E-state index contributed by atoms with van der Waals surface area (Å²) in [7, 11) is 1.95. The largest absolute Gasteiger partial charge is 0.356 e. The van der Waals surface area contributed by atoms with Gasteiger partial charge in [-0.25, -0.2) is 4.98 Å². The number of aromatic nitrogens is 1. The monoisotopic (exact) mass is 276 g/mol. The van der Waals surface area contributed by atoms with Crippen molar-refractivity contribution in [2.24, 2.45) is 5.92 Å². The van der Waals surface area contributed by atoms with Gasteiger partial charge in [-0.1, -0.05) is 6.07 Å². The van der Waals surface area contributed by atoms with E-state index in [4.69, 9.17) is 0 Å². The topological polar surface area (TPSA) is 57.3 Å². The Hall–Kier alpha value is -1.62. The number of amides is 1. The average molecular weight is 276 g/mol. The third-order valence-electron chi connectivity index (χ3n) is 3.79. The first-order chi connectivity index (χ1) is 9.70. The molecule has 2 rings (SSSR count). The lowest BCUT2D eigenvalue weighted by atomic mass is 9.96. The van der Waals surface area contributed by atoms with Crippen LogP contribution in [-0.4, -0.2) is 37.6 Å². The maximum atomic E-state index is 11.0. The van der Waals surface area contributed by atoms with E-state index in [1.165, 1.54) is 5.56 Å². The summed E-state index contributed by atoms with van der Waals surface area (Å²) in [6.07, 6.45) is 4.07. The average Bonchev–Trinajstić information content (AvgIpc) is 2.47. The highest BCUT2D eigenvalue weighted by molar-refractivity contribution is 5.72. The van der Waals surface area contributed by atoms with E-state index >= 15 is 0 Å². The summed E-state index contributed by atoms with van der Waals surface area (Å²) in [6.45, 7) is 5.24. The first kappa shape index (κ1) is 14.8. The predicted molar refractivity (Wildman–Crippen MR) is 80.6 cm³/mol. The van der Waals surface area contributed by atoms with Crippen molar-refractivity contribution >= 4 is 11.7 Å². The van der Waals surface area contributed by atoms with E-state index in [1.807, 2.05) is 19.3 Å². The van der Waals surface area contributed by atoms with Crippen molar-refractivity contribution in [1.29, 1.82) is 0 Å². The zero-order chi connectivity index (χ0) is 14.4. The van der Waals surface area contributed by atoms with Gasteiger partial charge in [-0.3, -0.25) is 4.79 Å². The highest BCUT2D eigenvalue weighted by Crippen LogP contribution is 2.24. The molecule has 0 spiro atoms. The van der Waals surface area contributed by atoms with Crippen LogP contribution in [0, 0.1) is 5.92 Å². The molecule has 2 N–H and O–H groups in total. The first-order valence-corrected chi connectivity index (χ1v) is 7.28. The van der Waals surface area contributed by atoms with E-state index in [2.05, 4.69) is 26.6 Å². The Bertz CT molecular complexity index is 441. The fourth-order valence-corrected chi connectivity index (χ4v) is 2.68. The molecular formula is C15H24N4O. The van der Waals surface area contributed by atoms with Crippen molar-refractivity contribution in [3.8, 4) is 0 Å². The number of nitrogens with one attached hydrogen (secondary N) is 2. The van der Waals surface area contributed by atoms with E-state index in [0.29, 0.717) is 5.92 Å². The number of hydrogen-bond acceptors (Lipinski definition) is 4. The highest BCUT2D eigenvalue weighted by Gasteiger charge is 2.21. The van der Waals surface area contributed by atoms with Crippen molar-refractivity contribution in [2.75, 3.05) is 31.6 Å². The van der Waals surface area contributed by atoms with Crippen LogP contribution in [0.1, 0.15) is 25.3 Å². The van der Waals surface area contributed by atoms with Crippen molar-refractivity contribution in [1.82, 2.24) is 15.6 Å². The smallest absolute Gasteiger partial charge is 0.216 e. The second kappa shape index (κ2) is 7.24. The Morgan fingerprint density at radius 2 is 2.20 bits per heavy atom. The molecule has 110 valence electrons. The summed E-state index contributed by atoms with van der Waals surface area (Å²) >= 11 is 0. The Kier molecular flexibility index (Phi) is 5.35. The Morgan fingerprint density at radius 1 is 1.45 bits per heavy atom. The first-order valence-electron chi connectivity index (χ1n) is 7.28. The van der Waals surface area contributed by atoms with Crippen LogP contribution in [0.25, 0.3) is 0 Å². The zero-order valence-electron chi connectivity index (χ0n) is 12.4. The standard InChI is InChI=1S/C15H24N4O/c1-12(20)18-10-13-5-8-19(9-6-13)15-14(11-16-2)4-3-7-17-15/h3-4,7,13,16H,5-6,8-11H2,1-2H3,(H,18,20). The lowest BCUT2D eigenvalue weighted by Gasteiger charge is -2.33. The van der Waals surface area contributed by atoms with E-state index in [0.717, 1.165) is 44.8 Å². The van der Waals surface area contributed by atoms with Gasteiger partial charge in [0, 0.05) is 44.9 Å². The summed E-state index contributed by atoms with van der Waals surface area (Å²) in [5.41, 5.74) is 1.25. The lowest BCUT2D eigenvalue weighted by Crippen LogP contribution is -2.39. The molecule has 1 saturated heterocycles. The van der Waals surface area contributed by atoms with Crippen molar-refractivity contribution < 1.29 is 4.79 Å². The minimum Gasteiger partial charge on any atom is -0.356 e. The minimum absolute atomic E-state index is 0.0634. The summed E-state index contributed by atoms with van der Waals surface area (Å²) in [4.78, 5) is 17.8. The summed E-state index contributed by atoms with van der Waals surface area (Å²) < 4.78 is 0. The van der Waals surface area contributed by atoms with Gasteiger partial charge in [-0.05, 0) is 31.9 Å². The van der Waals surface area contributed by atoms with Crippen LogP contribution in [0.3, 0.4) is 0 Å². The molecule has 0 atom stereocenters. The molecule has 0 aromatic carbocycles. The molecule has 0 radical (unpaired) electrons. The molecule has 1 aliphatic rings. The summed E-state index contributed by atoms with van der Waals surface area (Å²) in [5.74, 6) is 1.75. The number of carbonyl (C=O) groups excluding carboxylic acids is 1. The minimum atomic E-state index is 0.0634. The molecule has 0 aliphatic carbocycles. The SMILES string of the molecule is CNCc1cccnc1N1CCC(CNC(C)=O)CC1. The number of nitrogens with zero attached hydrogens (tertiary/aromatic N) is 2. The van der Waals surface area contributed by atoms with E-state index < -0.39 is 0 Å². The van der Waals surface area contributed by atoms with Crippen molar-refractivity contribution in [2.45, 2.75) is 26.3 Å². The van der Waals surface area contributed by atoms with Gasteiger partial charge < -0.3 is 15.5 Å². The molecule has 1 aliphatic heterocycles. The van der Waals surface area contributed by atoms with Gasteiger partial charge in [0.1, 0.15) is 5.82 Å². The number of piperidine rings is 1. The summed E-state index contributed by atoms with van der Waals surface area (Å²) in [5, 5.41) is 6.11. The Balaban J connectivity index is 1.92. The fourth-order valence-electron chi connectivity index (χ4n) is 2.68. The number of pyridine rings is 1. The molecule has 2 heterocycles. The highest BCUT2D eigenvalue weighted by atomic mass is 16.1.